The third kappa shape index (κ3) is 5.71. The number of nitrogen functional groups attached to an aromatic ring is 1. The molecule has 0 spiro atoms. The number of fused-ring (bicyclic) bond motifs is 3. The number of rotatable bonds is 3. The summed E-state index contributed by atoms with van der Waals surface area (Å²) in [6.07, 6.45) is -1.89. The van der Waals surface area contributed by atoms with Crippen molar-refractivity contribution in [2.75, 3.05) is 25.6 Å². The second-order valence-corrected chi connectivity index (χ2v) is 14.3. The Kier molecular flexibility index (Phi) is 7.89. The summed E-state index contributed by atoms with van der Waals surface area (Å²) >= 11 is 5.21. The van der Waals surface area contributed by atoms with Crippen LogP contribution in [0.4, 0.5) is 10.2 Å². The first kappa shape index (κ1) is 29.6. The zero-order valence-corrected chi connectivity index (χ0v) is 24.2. The van der Waals surface area contributed by atoms with Crippen molar-refractivity contribution in [2.24, 2.45) is 17.6 Å². The highest BCUT2D eigenvalue weighted by molar-refractivity contribution is 8.07. The van der Waals surface area contributed by atoms with Gasteiger partial charge in [-0.15, -0.1) is 0 Å². The maximum absolute atomic E-state index is 15.9. The molecule has 3 aromatic heterocycles. The number of nitrogens with two attached hydrogens (primary N) is 2. The molecule has 2 aliphatic heterocycles. The van der Waals surface area contributed by atoms with Crippen LogP contribution in [0.5, 0.6) is 0 Å². The number of carbonyl (C=O) groups excluding carboxylic acids is 1. The number of phosphoric ester groups is 1. The Morgan fingerprint density at radius 1 is 1.14 bits per heavy atom. The second kappa shape index (κ2) is 11.2. The summed E-state index contributed by atoms with van der Waals surface area (Å²) in [4.78, 5) is 48.9. The number of hydrogen-bond acceptors (Lipinski definition) is 13. The van der Waals surface area contributed by atoms with Crippen LogP contribution in [-0.2, 0) is 39.2 Å². The molecule has 2 unspecified atom stereocenters. The van der Waals surface area contributed by atoms with E-state index in [9.17, 15) is 19.1 Å². The van der Waals surface area contributed by atoms with E-state index in [4.69, 9.17) is 46.1 Å². The van der Waals surface area contributed by atoms with Crippen LogP contribution in [0.15, 0.2) is 31.0 Å². The molecular weight excluding hydrogens is 619 g/mol. The number of carbonyl (C=O) groups is 1. The zero-order chi connectivity index (χ0) is 29.8. The third-order valence-corrected chi connectivity index (χ3v) is 10.1. The Bertz CT molecular complexity index is 1620. The van der Waals surface area contributed by atoms with Crippen LogP contribution in [0.1, 0.15) is 34.6 Å². The molecule has 6 N–H and O–H groups in total. The normalized spacial score (nSPS) is 37.5. The fraction of sp³-hybridized carbons (Fsp3) is 0.500. The van der Waals surface area contributed by atoms with Gasteiger partial charge in [0.25, 0.3) is 5.91 Å². The predicted molar refractivity (Wildman–Crippen MR) is 145 cm³/mol. The Morgan fingerprint density at radius 2 is 1.93 bits per heavy atom. The maximum Gasteiger partial charge on any atom is 0.472 e. The van der Waals surface area contributed by atoms with Gasteiger partial charge in [-0.25, -0.2) is 23.9 Å². The molecule has 3 fully saturated rings. The lowest BCUT2D eigenvalue weighted by molar-refractivity contribution is -0.0454. The summed E-state index contributed by atoms with van der Waals surface area (Å²) in [5.41, 5.74) is 12.3. The Morgan fingerprint density at radius 3 is 2.71 bits per heavy atom. The topological polar surface area (TPSA) is 229 Å². The van der Waals surface area contributed by atoms with E-state index >= 15 is 4.39 Å². The molecule has 6 rings (SSSR count). The molecule has 5 heterocycles. The fourth-order valence-electron chi connectivity index (χ4n) is 5.44. The number of nitrogens with zero attached hydrogens (tertiary/aromatic N) is 5. The average Bonchev–Trinajstić information content (AvgIpc) is 3.48. The summed E-state index contributed by atoms with van der Waals surface area (Å²) in [6, 6.07) is 3.24. The zero-order valence-electron chi connectivity index (χ0n) is 21.6. The fourth-order valence-corrected chi connectivity index (χ4v) is 7.69. The van der Waals surface area contributed by atoms with E-state index in [1.54, 1.807) is 12.1 Å². The minimum absolute atomic E-state index is 0.0680. The number of ether oxygens (including phenoxy) is 1. The van der Waals surface area contributed by atoms with E-state index in [0.717, 1.165) is 5.56 Å². The Labute approximate surface area is 242 Å². The van der Waals surface area contributed by atoms with Crippen molar-refractivity contribution in [3.05, 3.63) is 42.2 Å². The molecule has 2 saturated heterocycles. The van der Waals surface area contributed by atoms with Gasteiger partial charge in [0, 0.05) is 6.20 Å². The molecule has 226 valence electrons. The summed E-state index contributed by atoms with van der Waals surface area (Å²) in [7, 11) is -4.67. The quantitative estimate of drug-likeness (QED) is 0.294. The van der Waals surface area contributed by atoms with E-state index in [-0.39, 0.29) is 47.7 Å². The summed E-state index contributed by atoms with van der Waals surface area (Å²) < 4.78 is 57.5. The molecule has 16 nitrogen and oxygen atoms in total. The molecule has 0 aromatic carbocycles. The number of aromatic nitrogens is 5. The van der Waals surface area contributed by atoms with Crippen LogP contribution in [0.2, 0.25) is 0 Å². The monoisotopic (exact) mass is 645 g/mol. The van der Waals surface area contributed by atoms with Gasteiger partial charge in [0.05, 0.1) is 26.1 Å². The van der Waals surface area contributed by atoms with E-state index < -0.39 is 57.6 Å². The van der Waals surface area contributed by atoms with Crippen LogP contribution in [0.3, 0.4) is 0 Å². The third-order valence-electron chi connectivity index (χ3n) is 7.61. The molecular formula is C22H26FN7O9P2S. The first-order valence-corrected chi connectivity index (χ1v) is 16.8. The summed E-state index contributed by atoms with van der Waals surface area (Å²) in [5, 5.41) is 0. The van der Waals surface area contributed by atoms with Crippen molar-refractivity contribution in [1.29, 1.82) is 0 Å². The first-order chi connectivity index (χ1) is 19.9. The van der Waals surface area contributed by atoms with Gasteiger partial charge in [0.15, 0.2) is 23.9 Å². The van der Waals surface area contributed by atoms with E-state index in [1.807, 2.05) is 0 Å². The minimum atomic E-state index is -4.67. The largest absolute Gasteiger partial charge is 0.472 e. The number of primary amides is 1. The Hall–Kier alpha value is -2.50. The number of pyridine rings is 1. The van der Waals surface area contributed by atoms with Crippen molar-refractivity contribution in [3.8, 4) is 0 Å². The van der Waals surface area contributed by atoms with Gasteiger partial charge < -0.3 is 30.5 Å². The summed E-state index contributed by atoms with van der Waals surface area (Å²) in [6.45, 7) is -5.05. The standard InChI is InChI=1S/C22H26FN7O9P2S/c23-16-18-15(38-22(16)30-9-29-17-19(24)27-8-28-21(17)30)7-36-40(32,33)35-6-13-11(5-37-41(34,42)39-18)3-12(13)10-1-2-26-14(4-10)20(25)31/h1-2,4,8-9,11-13,15-16,18,22H,3,5-7H2,(H2,25,31)(H,32,33)(H,34,42)(H2,24,27,28)/t11-,12+,13-,15-,16-,18-,22-,41?/m1/s1. The molecule has 42 heavy (non-hydrogen) atoms. The number of amides is 1. The van der Waals surface area contributed by atoms with Gasteiger partial charge in [-0.3, -0.25) is 27.9 Å². The summed E-state index contributed by atoms with van der Waals surface area (Å²) in [5.74, 6) is -1.55. The maximum atomic E-state index is 15.9. The van der Waals surface area contributed by atoms with Crippen LogP contribution >= 0.6 is 14.5 Å². The van der Waals surface area contributed by atoms with Gasteiger partial charge in [0.2, 0.25) is 0 Å². The number of halogens is 1. The number of anilines is 1. The van der Waals surface area contributed by atoms with Crippen LogP contribution < -0.4 is 11.5 Å². The molecule has 3 aromatic rings. The smallest absolute Gasteiger partial charge is 0.382 e. The molecule has 9 atom stereocenters. The van der Waals surface area contributed by atoms with Crippen molar-refractivity contribution in [3.63, 3.8) is 0 Å². The predicted octanol–water partition coefficient (Wildman–Crippen LogP) is 1.32. The van der Waals surface area contributed by atoms with Crippen molar-refractivity contribution >= 4 is 49.2 Å². The second-order valence-electron chi connectivity index (χ2n) is 10.1. The molecule has 20 heteroatoms. The molecule has 1 amide bonds. The van der Waals surface area contributed by atoms with E-state index in [1.165, 1.54) is 23.4 Å². The molecule has 3 aliphatic rings. The first-order valence-electron chi connectivity index (χ1n) is 12.7. The molecule has 1 saturated carbocycles. The van der Waals surface area contributed by atoms with E-state index in [2.05, 4.69) is 19.9 Å². The number of imidazole rings is 1. The highest BCUT2D eigenvalue weighted by Gasteiger charge is 2.51. The van der Waals surface area contributed by atoms with Crippen molar-refractivity contribution < 1.29 is 46.4 Å². The van der Waals surface area contributed by atoms with Crippen LogP contribution in [0.25, 0.3) is 11.2 Å². The van der Waals surface area contributed by atoms with Crippen molar-refractivity contribution in [1.82, 2.24) is 24.5 Å². The highest BCUT2D eigenvalue weighted by Crippen LogP contribution is 2.56. The van der Waals surface area contributed by atoms with Gasteiger partial charge in [-0.05, 0) is 53.7 Å². The SMILES string of the molecule is NC(=O)c1cc([C@@H]2C[C@@H]3COP(O)(=S)O[C@H]4[C@@H](F)[C@H](n5cnc6c(N)ncnc65)O[C@@H]4COP(=O)(O)OC[C@H]32)ccn1. The lowest BCUT2D eigenvalue weighted by Gasteiger charge is -2.45. The van der Waals surface area contributed by atoms with Gasteiger partial charge in [-0.1, -0.05) is 0 Å². The van der Waals surface area contributed by atoms with E-state index in [0.29, 0.717) is 6.42 Å². The van der Waals surface area contributed by atoms with Gasteiger partial charge >= 0.3 is 14.5 Å². The molecule has 1 aliphatic carbocycles. The number of alkyl halides is 1. The van der Waals surface area contributed by atoms with Gasteiger partial charge in [-0.2, -0.15) is 0 Å². The number of hydrogen-bond donors (Lipinski definition) is 4. The highest BCUT2D eigenvalue weighted by atomic mass is 32.5. The van der Waals surface area contributed by atoms with Crippen molar-refractivity contribution in [2.45, 2.75) is 36.9 Å². The Balaban J connectivity index is 1.24. The van der Waals surface area contributed by atoms with Crippen LogP contribution in [-0.4, -0.2) is 78.4 Å². The lowest BCUT2D eigenvalue weighted by atomic mass is 9.63. The van der Waals surface area contributed by atoms with Gasteiger partial charge in [0.1, 0.15) is 29.7 Å². The molecule has 0 radical (unpaired) electrons. The molecule has 0 bridgehead atoms. The van der Waals surface area contributed by atoms with Crippen LogP contribution in [0, 0.1) is 11.8 Å². The lowest BCUT2D eigenvalue weighted by Crippen LogP contribution is -2.40. The minimum Gasteiger partial charge on any atom is -0.382 e. The average molecular weight is 646 g/mol. The number of phosphoric acid groups is 1.